The first-order valence-corrected chi connectivity index (χ1v) is 16.7. The number of aliphatic imine (C=N–C) groups is 1. The second-order valence-corrected chi connectivity index (χ2v) is 14.6. The molecule has 2 N–H and O–H groups in total. The van der Waals surface area contributed by atoms with Gasteiger partial charge in [0.15, 0.2) is 5.17 Å². The summed E-state index contributed by atoms with van der Waals surface area (Å²) in [4.78, 5) is 44.8. The van der Waals surface area contributed by atoms with Gasteiger partial charge in [0.25, 0.3) is 5.91 Å². The zero-order valence-corrected chi connectivity index (χ0v) is 28.0. The van der Waals surface area contributed by atoms with Gasteiger partial charge in [-0.25, -0.2) is 4.79 Å². The smallest absolute Gasteiger partial charge is 0.407 e. The summed E-state index contributed by atoms with van der Waals surface area (Å²) in [7, 11) is 0. The van der Waals surface area contributed by atoms with Crippen molar-refractivity contribution in [1.82, 2.24) is 15.5 Å². The van der Waals surface area contributed by atoms with E-state index in [1.54, 1.807) is 36.0 Å². The lowest BCUT2D eigenvalue weighted by Gasteiger charge is -2.34. The van der Waals surface area contributed by atoms with Gasteiger partial charge in [-0.2, -0.15) is 0 Å². The Kier molecular flexibility index (Phi) is 12.8. The molecule has 3 rings (SSSR count). The van der Waals surface area contributed by atoms with E-state index >= 15 is 0 Å². The van der Waals surface area contributed by atoms with E-state index in [9.17, 15) is 14.4 Å². The molecule has 2 fully saturated rings. The molecule has 9 nitrogen and oxygen atoms in total. The van der Waals surface area contributed by atoms with Gasteiger partial charge in [-0.1, -0.05) is 50.9 Å². The first-order chi connectivity index (χ1) is 20.3. The number of benzene rings is 1. The van der Waals surface area contributed by atoms with Crippen LogP contribution in [0.1, 0.15) is 104 Å². The number of piperidine rings is 1. The second kappa shape index (κ2) is 15.8. The van der Waals surface area contributed by atoms with Crippen LogP contribution >= 0.6 is 11.8 Å². The number of thioether (sulfide) groups is 1. The lowest BCUT2D eigenvalue weighted by Crippen LogP contribution is -2.41. The number of likely N-dealkylation sites (tertiary alicyclic amines) is 1. The number of carbonyl (C=O) groups is 3. The molecule has 1 aromatic rings. The van der Waals surface area contributed by atoms with E-state index in [1.807, 2.05) is 32.6 Å². The van der Waals surface area contributed by atoms with Crippen molar-refractivity contribution in [3.05, 3.63) is 29.8 Å². The number of carbonyl (C=O) groups excluding carboxylic acids is 3. The standard InChI is InChI=1S/C33H52N4O5S/c1-8-11-24(9-2)20-23(3)35-30-36-29(39)33(7,43-30)22-25-14-17-37(18-15-25)28(38)26-12-10-13-27(21-26)41-19-16-34-31(40)42-32(4,5)6/h10,12-13,21,23-25H,8-9,11,14-20,22H2,1-7H3,(H,34,40)(H,35,36,39)/t23-,24?,33?/m1/s1. The molecule has 240 valence electrons. The third kappa shape index (κ3) is 11.0. The quantitative estimate of drug-likeness (QED) is 0.248. The summed E-state index contributed by atoms with van der Waals surface area (Å²) in [6.45, 7) is 15.9. The number of ether oxygens (including phenoxy) is 2. The molecule has 1 aromatic carbocycles. The highest BCUT2D eigenvalue weighted by Gasteiger charge is 2.44. The Balaban J connectivity index is 1.46. The molecule has 0 radical (unpaired) electrons. The summed E-state index contributed by atoms with van der Waals surface area (Å²) in [5, 5.41) is 6.46. The van der Waals surface area contributed by atoms with Crippen molar-refractivity contribution in [2.24, 2.45) is 16.8 Å². The van der Waals surface area contributed by atoms with Crippen LogP contribution in [0, 0.1) is 11.8 Å². The third-order valence-corrected chi connectivity index (χ3v) is 9.21. The van der Waals surface area contributed by atoms with Gasteiger partial charge in [-0.3, -0.25) is 14.6 Å². The highest BCUT2D eigenvalue weighted by molar-refractivity contribution is 8.16. The van der Waals surface area contributed by atoms with Crippen molar-refractivity contribution in [3.63, 3.8) is 0 Å². The van der Waals surface area contributed by atoms with Crippen LogP contribution in [-0.4, -0.2) is 70.6 Å². The summed E-state index contributed by atoms with van der Waals surface area (Å²) >= 11 is 1.57. The van der Waals surface area contributed by atoms with E-state index in [2.05, 4.69) is 31.4 Å². The maximum atomic E-state index is 13.3. The van der Waals surface area contributed by atoms with Gasteiger partial charge in [-0.15, -0.1) is 0 Å². The van der Waals surface area contributed by atoms with E-state index in [1.165, 1.54) is 12.8 Å². The molecule has 43 heavy (non-hydrogen) atoms. The average molecular weight is 617 g/mol. The summed E-state index contributed by atoms with van der Waals surface area (Å²) in [6, 6.07) is 7.34. The van der Waals surface area contributed by atoms with E-state index in [0.717, 1.165) is 37.3 Å². The van der Waals surface area contributed by atoms with Crippen LogP contribution in [0.2, 0.25) is 0 Å². The minimum Gasteiger partial charge on any atom is -0.492 e. The molecule has 3 amide bonds. The summed E-state index contributed by atoms with van der Waals surface area (Å²) in [5.41, 5.74) is 0.0205. The predicted octanol–water partition coefficient (Wildman–Crippen LogP) is 6.42. The van der Waals surface area contributed by atoms with Crippen molar-refractivity contribution in [3.8, 4) is 5.75 Å². The number of amidine groups is 1. The number of hydrogen-bond acceptors (Lipinski definition) is 7. The first kappa shape index (κ1) is 34.7. The largest absolute Gasteiger partial charge is 0.492 e. The molecule has 0 saturated carbocycles. The highest BCUT2D eigenvalue weighted by Crippen LogP contribution is 2.40. The number of alkyl carbamates (subject to hydrolysis) is 1. The zero-order valence-electron chi connectivity index (χ0n) is 27.2. The number of hydrogen-bond donors (Lipinski definition) is 2. The number of nitrogens with zero attached hydrogens (tertiary/aromatic N) is 2. The Morgan fingerprint density at radius 3 is 2.60 bits per heavy atom. The van der Waals surface area contributed by atoms with Gasteiger partial charge in [0.05, 0.1) is 17.3 Å². The molecule has 2 heterocycles. The molecule has 3 atom stereocenters. The summed E-state index contributed by atoms with van der Waals surface area (Å²) in [6.07, 6.45) is 6.62. The lowest BCUT2D eigenvalue weighted by molar-refractivity contribution is -0.121. The summed E-state index contributed by atoms with van der Waals surface area (Å²) < 4.78 is 10.4. The van der Waals surface area contributed by atoms with E-state index < -0.39 is 16.4 Å². The van der Waals surface area contributed by atoms with Crippen LogP contribution in [0.4, 0.5) is 4.79 Å². The molecule has 2 unspecified atom stereocenters. The van der Waals surface area contributed by atoms with Crippen LogP contribution in [0.3, 0.4) is 0 Å². The highest BCUT2D eigenvalue weighted by atomic mass is 32.2. The average Bonchev–Trinajstić information content (AvgIpc) is 3.21. The van der Waals surface area contributed by atoms with Gasteiger partial charge in [-0.05, 0) is 90.3 Å². The Morgan fingerprint density at radius 2 is 1.95 bits per heavy atom. The molecular formula is C33H52N4O5S. The minimum atomic E-state index is -0.556. The molecule has 0 aliphatic carbocycles. The van der Waals surface area contributed by atoms with Crippen LogP contribution in [-0.2, 0) is 9.53 Å². The molecule has 0 bridgehead atoms. The monoisotopic (exact) mass is 616 g/mol. The fourth-order valence-electron chi connectivity index (χ4n) is 5.77. The first-order valence-electron chi connectivity index (χ1n) is 15.9. The van der Waals surface area contributed by atoms with Gasteiger partial charge < -0.3 is 25.0 Å². The maximum Gasteiger partial charge on any atom is 0.407 e. The van der Waals surface area contributed by atoms with Gasteiger partial charge >= 0.3 is 6.09 Å². The van der Waals surface area contributed by atoms with Crippen LogP contribution in [0.15, 0.2) is 29.3 Å². The van der Waals surface area contributed by atoms with Crippen molar-refractivity contribution >= 4 is 34.8 Å². The van der Waals surface area contributed by atoms with Crippen molar-refractivity contribution < 1.29 is 23.9 Å². The fourth-order valence-corrected chi connectivity index (χ4v) is 7.03. The van der Waals surface area contributed by atoms with Crippen LogP contribution < -0.4 is 15.4 Å². The van der Waals surface area contributed by atoms with E-state index in [0.29, 0.717) is 42.8 Å². The lowest BCUT2D eigenvalue weighted by atomic mass is 9.87. The molecule has 2 aliphatic heterocycles. The summed E-state index contributed by atoms with van der Waals surface area (Å²) in [5.74, 6) is 1.64. The number of rotatable bonds is 13. The topological polar surface area (TPSA) is 109 Å². The van der Waals surface area contributed by atoms with Crippen LogP contribution in [0.5, 0.6) is 5.75 Å². The minimum absolute atomic E-state index is 0.0214. The van der Waals surface area contributed by atoms with Gasteiger partial charge in [0.2, 0.25) is 5.91 Å². The Labute approximate surface area is 262 Å². The number of nitrogens with one attached hydrogen (secondary N) is 2. The molecule has 2 aliphatic rings. The van der Waals surface area contributed by atoms with Crippen molar-refractivity contribution in [1.29, 1.82) is 0 Å². The zero-order chi connectivity index (χ0) is 31.6. The van der Waals surface area contributed by atoms with Crippen molar-refractivity contribution in [2.45, 2.75) is 110 Å². The Morgan fingerprint density at radius 1 is 1.23 bits per heavy atom. The normalized spacial score (nSPS) is 21.8. The van der Waals surface area contributed by atoms with Gasteiger partial charge in [0.1, 0.15) is 18.0 Å². The van der Waals surface area contributed by atoms with Crippen LogP contribution in [0.25, 0.3) is 0 Å². The van der Waals surface area contributed by atoms with Gasteiger partial charge in [0, 0.05) is 18.7 Å². The Bertz CT molecular complexity index is 1130. The number of amides is 3. The third-order valence-electron chi connectivity index (χ3n) is 8.01. The van der Waals surface area contributed by atoms with E-state index in [-0.39, 0.29) is 24.5 Å². The predicted molar refractivity (Wildman–Crippen MR) is 174 cm³/mol. The Hall–Kier alpha value is -2.75. The second-order valence-electron chi connectivity index (χ2n) is 13.1. The molecular weight excluding hydrogens is 564 g/mol. The maximum absolute atomic E-state index is 13.3. The van der Waals surface area contributed by atoms with Crippen molar-refractivity contribution in [2.75, 3.05) is 26.2 Å². The van der Waals surface area contributed by atoms with E-state index in [4.69, 9.17) is 14.5 Å². The molecule has 0 spiro atoms. The molecule has 0 aromatic heterocycles. The fraction of sp³-hybridized carbons (Fsp3) is 0.697. The SMILES string of the molecule is CCCC(CC)C[C@@H](C)N=C1NC(=O)C(C)(CC2CCN(C(=O)c3cccc(OCCNC(=O)OC(C)(C)C)c3)CC2)S1. The molecule has 2 saturated heterocycles. The molecule has 10 heteroatoms.